The number of hydrogen-bond acceptors (Lipinski definition) is 5. The molecule has 0 radical (unpaired) electrons. The molecule has 0 saturated carbocycles. The molecule has 0 bridgehead atoms. The van der Waals surface area contributed by atoms with E-state index in [1.54, 1.807) is 12.1 Å². The van der Waals surface area contributed by atoms with E-state index in [2.05, 4.69) is 15.6 Å². The normalized spacial score (nSPS) is 17.7. The maximum atomic E-state index is 12.9. The molecule has 9 heteroatoms. The van der Waals surface area contributed by atoms with Crippen molar-refractivity contribution in [2.24, 2.45) is 5.92 Å². The van der Waals surface area contributed by atoms with Gasteiger partial charge in [-0.2, -0.15) is 0 Å². The highest BCUT2D eigenvalue weighted by atomic mass is 32.2. The van der Waals surface area contributed by atoms with Crippen LogP contribution < -0.4 is 15.4 Å². The number of fused-ring (bicyclic) bond motifs is 1. The second kappa shape index (κ2) is 10.7. The third-order valence-corrected chi connectivity index (χ3v) is 7.89. The van der Waals surface area contributed by atoms with Gasteiger partial charge < -0.3 is 25.1 Å². The lowest BCUT2D eigenvalue weighted by atomic mass is 9.92. The molecule has 1 aliphatic rings. The lowest BCUT2D eigenvalue weighted by Gasteiger charge is -2.15. The van der Waals surface area contributed by atoms with Gasteiger partial charge in [-0.3, -0.25) is 4.21 Å². The van der Waals surface area contributed by atoms with Crippen LogP contribution in [0.1, 0.15) is 49.8 Å². The lowest BCUT2D eigenvalue weighted by Crippen LogP contribution is -2.21. The smallest absolute Gasteiger partial charge is 0.356 e. The van der Waals surface area contributed by atoms with Crippen LogP contribution in [0.4, 0.5) is 16.2 Å². The molecule has 2 amide bonds. The van der Waals surface area contributed by atoms with Gasteiger partial charge in [0.05, 0.1) is 25.1 Å². The third-order valence-electron chi connectivity index (χ3n) is 6.35. The number of esters is 1. The van der Waals surface area contributed by atoms with E-state index in [-0.39, 0.29) is 11.1 Å². The predicted molar refractivity (Wildman–Crippen MR) is 144 cm³/mol. The summed E-state index contributed by atoms with van der Waals surface area (Å²) in [4.78, 5) is 28.3. The van der Waals surface area contributed by atoms with Gasteiger partial charge in [-0.05, 0) is 37.0 Å². The summed E-state index contributed by atoms with van der Waals surface area (Å²) < 4.78 is 22.6. The Balaban J connectivity index is 1.49. The monoisotopic (exact) mass is 511 g/mol. The summed E-state index contributed by atoms with van der Waals surface area (Å²) in [5.41, 5.74) is 1.71. The van der Waals surface area contributed by atoms with E-state index < -0.39 is 22.8 Å². The van der Waals surface area contributed by atoms with Crippen LogP contribution in [-0.2, 0) is 21.0 Å². The molecule has 1 saturated heterocycles. The van der Waals surface area contributed by atoms with Crippen LogP contribution in [0.3, 0.4) is 0 Å². The molecule has 2 heterocycles. The zero-order valence-electron chi connectivity index (χ0n) is 21.1. The third kappa shape index (κ3) is 5.90. The van der Waals surface area contributed by atoms with Gasteiger partial charge in [-0.15, -0.1) is 0 Å². The second-order valence-electron chi connectivity index (χ2n) is 10.1. The van der Waals surface area contributed by atoms with Crippen LogP contribution in [0.25, 0.3) is 10.8 Å². The zero-order chi connectivity index (χ0) is 25.9. The Morgan fingerprint density at radius 3 is 2.47 bits per heavy atom. The van der Waals surface area contributed by atoms with Crippen LogP contribution in [0.15, 0.2) is 42.5 Å². The van der Waals surface area contributed by atoms with E-state index in [0.29, 0.717) is 23.9 Å². The van der Waals surface area contributed by atoms with Gasteiger partial charge in [0.2, 0.25) is 0 Å². The summed E-state index contributed by atoms with van der Waals surface area (Å²) in [6.45, 7) is 6.58. The first-order valence-electron chi connectivity index (χ1n) is 12.0. The number of ether oxygens (including phenoxy) is 2. The molecule has 0 spiro atoms. The summed E-state index contributed by atoms with van der Waals surface area (Å²) in [6.07, 6.45) is 1.86. The first kappa shape index (κ1) is 25.8. The van der Waals surface area contributed by atoms with Crippen LogP contribution in [0.5, 0.6) is 5.75 Å². The van der Waals surface area contributed by atoms with Crippen molar-refractivity contribution in [3.05, 3.63) is 53.9 Å². The van der Waals surface area contributed by atoms with Crippen LogP contribution in [0, 0.1) is 5.92 Å². The largest absolute Gasteiger partial charge is 0.493 e. The number of nitrogens with one attached hydrogen (secondary N) is 3. The number of urea groups is 1. The average molecular weight is 512 g/mol. The molecule has 1 aliphatic heterocycles. The Hall–Kier alpha value is -3.33. The SMILES string of the molecule is COC(=O)c1[nH]c(C(C)(C)C)cc1NC(=O)Nc1ccc(OCCC2CCS(=O)C2)c2ccccc12. The van der Waals surface area contributed by atoms with Crippen molar-refractivity contribution in [1.29, 1.82) is 0 Å². The topological polar surface area (TPSA) is 110 Å². The number of carbonyl (C=O) groups is 2. The van der Waals surface area contributed by atoms with E-state index in [0.717, 1.165) is 46.6 Å². The fourth-order valence-electron chi connectivity index (χ4n) is 4.29. The number of rotatable bonds is 7. The van der Waals surface area contributed by atoms with E-state index in [1.807, 2.05) is 51.1 Å². The number of anilines is 2. The van der Waals surface area contributed by atoms with Crippen LogP contribution >= 0.6 is 0 Å². The Kier molecular flexibility index (Phi) is 7.68. The first-order chi connectivity index (χ1) is 17.2. The molecule has 3 N–H and O–H groups in total. The summed E-state index contributed by atoms with van der Waals surface area (Å²) in [7, 11) is 0.615. The molecule has 3 aromatic rings. The molecule has 36 heavy (non-hydrogen) atoms. The van der Waals surface area contributed by atoms with Crippen LogP contribution in [0.2, 0.25) is 0 Å². The molecule has 1 aromatic heterocycles. The van der Waals surface area contributed by atoms with Crippen molar-refractivity contribution >= 4 is 44.9 Å². The van der Waals surface area contributed by atoms with Crippen molar-refractivity contribution < 1.29 is 23.3 Å². The minimum Gasteiger partial charge on any atom is -0.493 e. The van der Waals surface area contributed by atoms with E-state index in [9.17, 15) is 13.8 Å². The lowest BCUT2D eigenvalue weighted by molar-refractivity contribution is 0.0595. The van der Waals surface area contributed by atoms with Gasteiger partial charge in [-0.25, -0.2) is 9.59 Å². The van der Waals surface area contributed by atoms with Gasteiger partial charge in [0.1, 0.15) is 11.4 Å². The molecule has 0 aliphatic carbocycles. The molecule has 2 atom stereocenters. The van der Waals surface area contributed by atoms with Gasteiger partial charge in [0.15, 0.2) is 0 Å². The van der Waals surface area contributed by atoms with Crippen LogP contribution in [-0.4, -0.2) is 46.4 Å². The van der Waals surface area contributed by atoms with Gasteiger partial charge >= 0.3 is 12.0 Å². The number of aromatic amines is 1. The minimum absolute atomic E-state index is 0.192. The highest BCUT2D eigenvalue weighted by molar-refractivity contribution is 7.85. The summed E-state index contributed by atoms with van der Waals surface area (Å²) in [6, 6.07) is 12.6. The predicted octanol–water partition coefficient (Wildman–Crippen LogP) is 5.43. The van der Waals surface area contributed by atoms with Crippen molar-refractivity contribution in [3.8, 4) is 5.75 Å². The molecular formula is C27H33N3O5S. The molecule has 2 aromatic carbocycles. The Bertz CT molecular complexity index is 1290. The number of methoxy groups -OCH3 is 1. The maximum Gasteiger partial charge on any atom is 0.356 e. The standard InChI is InChI=1S/C27H33N3O5S/c1-27(2,3)23-15-21(24(30-23)25(31)34-4)29-26(32)28-20-9-10-22(19-8-6-5-7-18(19)20)35-13-11-17-12-14-36(33)16-17/h5-10,15,17,30H,11-14,16H2,1-4H3,(H2,28,29,32). The average Bonchev–Trinajstić information content (AvgIpc) is 3.46. The fraction of sp³-hybridized carbons (Fsp3) is 0.407. The fourth-order valence-corrected chi connectivity index (χ4v) is 5.92. The number of H-pyrrole nitrogens is 1. The van der Waals surface area contributed by atoms with Gasteiger partial charge in [0, 0.05) is 44.2 Å². The first-order valence-corrected chi connectivity index (χ1v) is 13.5. The number of aromatic nitrogens is 1. The molecule has 2 unspecified atom stereocenters. The summed E-state index contributed by atoms with van der Waals surface area (Å²) >= 11 is 0. The Morgan fingerprint density at radius 2 is 1.81 bits per heavy atom. The van der Waals surface area contributed by atoms with E-state index in [1.165, 1.54) is 7.11 Å². The quantitative estimate of drug-likeness (QED) is 0.366. The Labute approximate surface area is 213 Å². The minimum atomic E-state index is -0.684. The summed E-state index contributed by atoms with van der Waals surface area (Å²) in [5.74, 6) is 2.18. The maximum absolute atomic E-state index is 12.9. The van der Waals surface area contributed by atoms with Crippen molar-refractivity contribution in [2.75, 3.05) is 35.9 Å². The highest BCUT2D eigenvalue weighted by Gasteiger charge is 2.24. The second-order valence-corrected chi connectivity index (χ2v) is 11.7. The zero-order valence-corrected chi connectivity index (χ0v) is 21.9. The molecule has 4 rings (SSSR count). The molecular weight excluding hydrogens is 478 g/mol. The van der Waals surface area contributed by atoms with Crippen molar-refractivity contribution in [3.63, 3.8) is 0 Å². The molecule has 192 valence electrons. The Morgan fingerprint density at radius 1 is 1.08 bits per heavy atom. The number of carbonyl (C=O) groups excluding carboxylic acids is 2. The number of amides is 2. The van der Waals surface area contributed by atoms with Crippen molar-refractivity contribution in [2.45, 2.75) is 39.0 Å². The molecule has 1 fully saturated rings. The molecule has 8 nitrogen and oxygen atoms in total. The summed E-state index contributed by atoms with van der Waals surface area (Å²) in [5, 5.41) is 7.39. The van der Waals surface area contributed by atoms with E-state index in [4.69, 9.17) is 9.47 Å². The van der Waals surface area contributed by atoms with Crippen molar-refractivity contribution in [1.82, 2.24) is 4.98 Å². The number of benzene rings is 2. The van der Waals surface area contributed by atoms with Gasteiger partial charge in [0.25, 0.3) is 0 Å². The highest BCUT2D eigenvalue weighted by Crippen LogP contribution is 2.33. The number of hydrogen-bond donors (Lipinski definition) is 3. The van der Waals surface area contributed by atoms with Gasteiger partial charge in [-0.1, -0.05) is 45.0 Å². The van der Waals surface area contributed by atoms with E-state index >= 15 is 0 Å².